The zero-order chi connectivity index (χ0) is 29.3. The minimum absolute atomic E-state index is 0.0817. The predicted molar refractivity (Wildman–Crippen MR) is 162 cm³/mol. The fourth-order valence-corrected chi connectivity index (χ4v) is 5.72. The first-order chi connectivity index (χ1) is 19.7. The summed E-state index contributed by atoms with van der Waals surface area (Å²) in [5.41, 5.74) is 4.71. The van der Waals surface area contributed by atoms with Crippen molar-refractivity contribution in [1.29, 1.82) is 0 Å². The molecule has 0 bridgehead atoms. The van der Waals surface area contributed by atoms with Crippen molar-refractivity contribution < 1.29 is 19.2 Å². The van der Waals surface area contributed by atoms with Gasteiger partial charge in [0.05, 0.1) is 32.2 Å². The van der Waals surface area contributed by atoms with E-state index in [1.54, 1.807) is 36.4 Å². The van der Waals surface area contributed by atoms with Crippen LogP contribution in [0.5, 0.6) is 5.75 Å². The number of benzene rings is 3. The van der Waals surface area contributed by atoms with Crippen LogP contribution in [0.2, 0.25) is 10.0 Å². The smallest absolute Gasteiger partial charge is 0.335 e. The number of rotatable bonds is 10. The van der Waals surface area contributed by atoms with Crippen molar-refractivity contribution in [2.24, 2.45) is 0 Å². The maximum atomic E-state index is 11.7. The van der Waals surface area contributed by atoms with Crippen molar-refractivity contribution in [2.45, 2.75) is 59.1 Å². The highest BCUT2D eigenvalue weighted by Crippen LogP contribution is 2.39. The third-order valence-electron chi connectivity index (χ3n) is 7.28. The zero-order valence-corrected chi connectivity index (χ0v) is 24.8. The Kier molecular flexibility index (Phi) is 8.38. The van der Waals surface area contributed by atoms with Crippen LogP contribution in [-0.2, 0) is 6.61 Å². The van der Waals surface area contributed by atoms with Gasteiger partial charge in [-0.05, 0) is 67.4 Å². The van der Waals surface area contributed by atoms with Crippen LogP contribution in [0.15, 0.2) is 65.2 Å². The number of aromatic carboxylic acids is 1. The number of carboxylic acids is 1. The number of nitrogens with zero attached hydrogens (tertiary/aromatic N) is 3. The minimum atomic E-state index is -0.958. The molecule has 1 N–H and O–H groups in total. The molecule has 0 atom stereocenters. The van der Waals surface area contributed by atoms with Gasteiger partial charge in [-0.1, -0.05) is 62.1 Å². The second-order valence-electron chi connectivity index (χ2n) is 10.2. The molecule has 212 valence electrons. The van der Waals surface area contributed by atoms with Crippen LogP contribution in [0.3, 0.4) is 0 Å². The summed E-state index contributed by atoms with van der Waals surface area (Å²) in [6, 6.07) is 18.3. The molecular formula is C32H31Cl2N3O4. The Morgan fingerprint density at radius 2 is 1.71 bits per heavy atom. The third-order valence-corrected chi connectivity index (χ3v) is 7.91. The van der Waals surface area contributed by atoms with Gasteiger partial charge in [-0.15, -0.1) is 0 Å². The lowest BCUT2D eigenvalue weighted by Gasteiger charge is -2.19. The van der Waals surface area contributed by atoms with Crippen molar-refractivity contribution in [1.82, 2.24) is 14.7 Å². The van der Waals surface area contributed by atoms with E-state index < -0.39 is 5.97 Å². The molecule has 0 amide bonds. The zero-order valence-electron chi connectivity index (χ0n) is 23.3. The molecule has 0 unspecified atom stereocenters. The lowest BCUT2D eigenvalue weighted by molar-refractivity contribution is 0.0697. The molecule has 0 radical (unpaired) electrons. The first-order valence-corrected chi connectivity index (χ1v) is 14.4. The molecule has 5 aromatic rings. The Hall–Kier alpha value is -3.81. The van der Waals surface area contributed by atoms with E-state index in [1.807, 2.05) is 38.1 Å². The fraction of sp³-hybridized carbons (Fsp3) is 0.281. The highest BCUT2D eigenvalue weighted by Gasteiger charge is 2.24. The quantitative estimate of drug-likeness (QED) is 0.174. The van der Waals surface area contributed by atoms with Crippen molar-refractivity contribution in [2.75, 3.05) is 0 Å². The molecule has 0 aliphatic heterocycles. The Morgan fingerprint density at radius 1 is 1.02 bits per heavy atom. The highest BCUT2D eigenvalue weighted by atomic mass is 35.5. The number of ether oxygens (including phenoxy) is 1. The van der Waals surface area contributed by atoms with Gasteiger partial charge >= 0.3 is 5.97 Å². The highest BCUT2D eigenvalue weighted by molar-refractivity contribution is 6.39. The SMILES string of the molecule is CCC(CC)n1c(-c2ccc(OCc3c(-c4c(Cl)cccc4Cl)noc3C(C)C)cc2)nc2ccc(C(=O)O)cc21. The molecule has 0 saturated heterocycles. The Morgan fingerprint density at radius 3 is 2.32 bits per heavy atom. The maximum absolute atomic E-state index is 11.7. The molecule has 5 rings (SSSR count). The molecule has 3 aromatic carbocycles. The van der Waals surface area contributed by atoms with Gasteiger partial charge in [0.25, 0.3) is 0 Å². The van der Waals surface area contributed by atoms with Gasteiger partial charge in [0.1, 0.15) is 29.6 Å². The summed E-state index contributed by atoms with van der Waals surface area (Å²) in [7, 11) is 0. The van der Waals surface area contributed by atoms with Gasteiger partial charge in [0.2, 0.25) is 0 Å². The van der Waals surface area contributed by atoms with Gasteiger partial charge in [0, 0.05) is 23.1 Å². The van der Waals surface area contributed by atoms with E-state index in [9.17, 15) is 9.90 Å². The molecular weight excluding hydrogens is 561 g/mol. The molecule has 0 fully saturated rings. The largest absolute Gasteiger partial charge is 0.489 e. The monoisotopic (exact) mass is 591 g/mol. The summed E-state index contributed by atoms with van der Waals surface area (Å²) < 4.78 is 14.1. The average Bonchev–Trinajstić information content (AvgIpc) is 3.55. The number of halogens is 2. The van der Waals surface area contributed by atoms with Crippen molar-refractivity contribution >= 4 is 40.2 Å². The van der Waals surface area contributed by atoms with Gasteiger partial charge in [-0.25, -0.2) is 9.78 Å². The molecule has 0 aliphatic carbocycles. The summed E-state index contributed by atoms with van der Waals surface area (Å²) in [5, 5.41) is 14.8. The Bertz CT molecular complexity index is 1680. The van der Waals surface area contributed by atoms with Crippen LogP contribution in [0.25, 0.3) is 33.7 Å². The van der Waals surface area contributed by atoms with Gasteiger partial charge in [-0.2, -0.15) is 0 Å². The van der Waals surface area contributed by atoms with Gasteiger partial charge in [-0.3, -0.25) is 0 Å². The summed E-state index contributed by atoms with van der Waals surface area (Å²) in [5.74, 6) is 1.30. The van der Waals surface area contributed by atoms with Crippen molar-refractivity contribution in [3.63, 3.8) is 0 Å². The molecule has 0 aliphatic rings. The van der Waals surface area contributed by atoms with Gasteiger partial charge in [0.15, 0.2) is 0 Å². The number of hydrogen-bond acceptors (Lipinski definition) is 5. The van der Waals surface area contributed by atoms with E-state index in [1.165, 1.54) is 0 Å². The Labute approximate surface area is 248 Å². The number of imidazole rings is 1. The van der Waals surface area contributed by atoms with E-state index in [0.29, 0.717) is 32.8 Å². The molecule has 0 saturated carbocycles. The van der Waals surface area contributed by atoms with Crippen molar-refractivity contribution in [3.05, 3.63) is 87.6 Å². The van der Waals surface area contributed by atoms with Crippen LogP contribution in [-0.4, -0.2) is 25.8 Å². The normalized spacial score (nSPS) is 11.6. The van der Waals surface area contributed by atoms with Gasteiger partial charge < -0.3 is 18.9 Å². The number of carbonyl (C=O) groups is 1. The average molecular weight is 593 g/mol. The number of hydrogen-bond donors (Lipinski definition) is 1. The van der Waals surface area contributed by atoms with E-state index in [0.717, 1.165) is 40.8 Å². The van der Waals surface area contributed by atoms with Crippen LogP contribution < -0.4 is 4.74 Å². The standard InChI is InChI=1S/C32H31Cl2N3O4/c1-5-21(6-2)37-27-16-20(32(38)39)12-15-26(27)35-31(37)19-10-13-22(14-11-19)40-17-23-29(36-41-30(23)18(3)4)28-24(33)8-7-9-25(28)34/h7-16,18,21H,5-6,17H2,1-4H3,(H,38,39). The number of aromatic nitrogens is 3. The number of fused-ring (bicyclic) bond motifs is 1. The maximum Gasteiger partial charge on any atom is 0.335 e. The minimum Gasteiger partial charge on any atom is -0.489 e. The molecule has 2 heterocycles. The van der Waals surface area contributed by atoms with Crippen LogP contribution in [0, 0.1) is 0 Å². The summed E-state index contributed by atoms with van der Waals surface area (Å²) >= 11 is 13.0. The molecule has 2 aromatic heterocycles. The predicted octanol–water partition coefficient (Wildman–Crippen LogP) is 9.43. The third kappa shape index (κ3) is 5.56. The molecule has 41 heavy (non-hydrogen) atoms. The molecule has 0 spiro atoms. The topological polar surface area (TPSA) is 90.4 Å². The van der Waals surface area contributed by atoms with Crippen LogP contribution in [0.4, 0.5) is 0 Å². The fourth-order valence-electron chi connectivity index (χ4n) is 5.14. The Balaban J connectivity index is 1.47. The van der Waals surface area contributed by atoms with E-state index in [-0.39, 0.29) is 24.1 Å². The molecule has 7 nitrogen and oxygen atoms in total. The van der Waals surface area contributed by atoms with Crippen LogP contribution in [0.1, 0.15) is 74.2 Å². The second-order valence-corrected chi connectivity index (χ2v) is 11.0. The second kappa shape index (κ2) is 12.0. The summed E-state index contributed by atoms with van der Waals surface area (Å²) in [4.78, 5) is 16.5. The first-order valence-electron chi connectivity index (χ1n) is 13.6. The van der Waals surface area contributed by atoms with E-state index in [4.69, 9.17) is 37.4 Å². The van der Waals surface area contributed by atoms with E-state index in [2.05, 4.69) is 23.6 Å². The lowest BCUT2D eigenvalue weighted by atomic mass is 10.0. The van der Waals surface area contributed by atoms with Crippen LogP contribution >= 0.6 is 23.2 Å². The number of carboxylic acid groups (broad SMARTS) is 1. The summed E-state index contributed by atoms with van der Waals surface area (Å²) in [6.07, 6.45) is 1.78. The summed E-state index contributed by atoms with van der Waals surface area (Å²) in [6.45, 7) is 8.53. The van der Waals surface area contributed by atoms with Crippen molar-refractivity contribution in [3.8, 4) is 28.4 Å². The van der Waals surface area contributed by atoms with E-state index >= 15 is 0 Å². The molecule has 9 heteroatoms. The first kappa shape index (κ1) is 28.7. The lowest BCUT2D eigenvalue weighted by Crippen LogP contribution is -2.09.